The summed E-state index contributed by atoms with van der Waals surface area (Å²) in [7, 11) is 0. The molecule has 0 aliphatic rings. The molecule has 6 heteroatoms. The van der Waals surface area contributed by atoms with E-state index in [-0.39, 0.29) is 11.9 Å². The molecule has 0 heterocycles. The number of para-hydroxylation sites is 1. The van der Waals surface area contributed by atoms with Crippen molar-refractivity contribution < 1.29 is 4.79 Å². The number of thioether (sulfide) groups is 1. The van der Waals surface area contributed by atoms with E-state index in [1.807, 2.05) is 6.92 Å². The summed E-state index contributed by atoms with van der Waals surface area (Å²) in [5.74, 6) is 1.48. The predicted molar refractivity (Wildman–Crippen MR) is 80.7 cm³/mol. The maximum atomic E-state index is 11.7. The quantitative estimate of drug-likeness (QED) is 0.792. The van der Waals surface area contributed by atoms with Crippen LogP contribution in [0.3, 0.4) is 0 Å². The van der Waals surface area contributed by atoms with Crippen molar-refractivity contribution in [2.75, 3.05) is 16.8 Å². The summed E-state index contributed by atoms with van der Waals surface area (Å²) < 4.78 is 0. The fraction of sp³-hybridized carbons (Fsp3) is 0.417. The van der Waals surface area contributed by atoms with Gasteiger partial charge in [-0.3, -0.25) is 4.79 Å². The second-order valence-corrected chi connectivity index (χ2v) is 5.91. The maximum Gasteiger partial charge on any atom is 0.225 e. The molecule has 3 nitrogen and oxygen atoms in total. The van der Waals surface area contributed by atoms with Gasteiger partial charge in [0.05, 0.1) is 15.7 Å². The van der Waals surface area contributed by atoms with Gasteiger partial charge < -0.3 is 11.1 Å². The van der Waals surface area contributed by atoms with Gasteiger partial charge in [-0.05, 0) is 19.1 Å². The zero-order chi connectivity index (χ0) is 13.5. The SMILES string of the molecule is CC(N)CSCCC(=O)Nc1c(Cl)cccc1Cl. The molecule has 1 aromatic carbocycles. The number of nitrogens with one attached hydrogen (secondary N) is 1. The Morgan fingerprint density at radius 3 is 2.61 bits per heavy atom. The Morgan fingerprint density at radius 2 is 2.06 bits per heavy atom. The van der Waals surface area contributed by atoms with Gasteiger partial charge in [-0.2, -0.15) is 11.8 Å². The van der Waals surface area contributed by atoms with E-state index in [0.717, 1.165) is 11.5 Å². The van der Waals surface area contributed by atoms with Crippen LogP contribution in [0.25, 0.3) is 0 Å². The molecule has 0 saturated heterocycles. The molecule has 0 bridgehead atoms. The molecule has 0 aliphatic carbocycles. The van der Waals surface area contributed by atoms with Crippen LogP contribution in [0.5, 0.6) is 0 Å². The van der Waals surface area contributed by atoms with Gasteiger partial charge in [0.2, 0.25) is 5.91 Å². The zero-order valence-electron chi connectivity index (χ0n) is 10.1. The first-order chi connectivity index (χ1) is 8.50. The zero-order valence-corrected chi connectivity index (χ0v) is 12.4. The number of anilines is 1. The van der Waals surface area contributed by atoms with E-state index in [4.69, 9.17) is 28.9 Å². The van der Waals surface area contributed by atoms with Gasteiger partial charge in [-0.15, -0.1) is 0 Å². The second-order valence-electron chi connectivity index (χ2n) is 3.95. The molecule has 1 unspecified atom stereocenters. The van der Waals surface area contributed by atoms with Crippen LogP contribution in [0.4, 0.5) is 5.69 Å². The van der Waals surface area contributed by atoms with Gasteiger partial charge in [0.25, 0.3) is 0 Å². The average Bonchev–Trinajstić information content (AvgIpc) is 2.29. The van der Waals surface area contributed by atoms with Crippen LogP contribution >= 0.6 is 35.0 Å². The summed E-state index contributed by atoms with van der Waals surface area (Å²) in [6.45, 7) is 1.94. The molecule has 1 atom stereocenters. The van der Waals surface area contributed by atoms with Crippen LogP contribution < -0.4 is 11.1 Å². The monoisotopic (exact) mass is 306 g/mol. The first-order valence-corrected chi connectivity index (χ1v) is 7.49. The third kappa shape index (κ3) is 5.48. The van der Waals surface area contributed by atoms with E-state index in [0.29, 0.717) is 22.2 Å². The summed E-state index contributed by atoms with van der Waals surface area (Å²) in [5, 5.41) is 3.61. The molecule has 18 heavy (non-hydrogen) atoms. The molecule has 0 radical (unpaired) electrons. The van der Waals surface area contributed by atoms with Gasteiger partial charge in [0, 0.05) is 24.0 Å². The Balaban J connectivity index is 2.40. The third-order valence-electron chi connectivity index (χ3n) is 2.08. The molecular formula is C12H16Cl2N2OS. The Morgan fingerprint density at radius 1 is 1.44 bits per heavy atom. The lowest BCUT2D eigenvalue weighted by molar-refractivity contribution is -0.115. The standard InChI is InChI=1S/C12H16Cl2N2OS/c1-8(15)7-18-6-5-11(17)16-12-9(13)3-2-4-10(12)14/h2-4,8H,5-7,15H2,1H3,(H,16,17). The number of halogens is 2. The van der Waals surface area contributed by atoms with E-state index >= 15 is 0 Å². The number of hydrogen-bond donors (Lipinski definition) is 2. The summed E-state index contributed by atoms with van der Waals surface area (Å²) in [6.07, 6.45) is 0.416. The molecule has 0 aliphatic heterocycles. The first kappa shape index (κ1) is 15.6. The highest BCUT2D eigenvalue weighted by Gasteiger charge is 2.09. The first-order valence-electron chi connectivity index (χ1n) is 5.58. The Labute approximate surface area is 121 Å². The second kappa shape index (κ2) is 7.89. The normalized spacial score (nSPS) is 12.2. The molecule has 1 amide bonds. The van der Waals surface area contributed by atoms with Crippen LogP contribution in [0, 0.1) is 0 Å². The van der Waals surface area contributed by atoms with E-state index in [2.05, 4.69) is 5.32 Å². The fourth-order valence-corrected chi connectivity index (χ4v) is 2.61. The molecule has 0 saturated carbocycles. The van der Waals surface area contributed by atoms with E-state index < -0.39 is 0 Å². The topological polar surface area (TPSA) is 55.1 Å². The predicted octanol–water partition coefficient (Wildman–Crippen LogP) is 3.40. The van der Waals surface area contributed by atoms with Crippen molar-refractivity contribution in [1.29, 1.82) is 0 Å². The lowest BCUT2D eigenvalue weighted by Crippen LogP contribution is -2.18. The Kier molecular flexibility index (Phi) is 6.86. The van der Waals surface area contributed by atoms with Crippen LogP contribution in [0.2, 0.25) is 10.0 Å². The number of hydrogen-bond acceptors (Lipinski definition) is 3. The molecule has 1 aromatic rings. The van der Waals surface area contributed by atoms with Gasteiger partial charge >= 0.3 is 0 Å². The molecule has 0 spiro atoms. The largest absolute Gasteiger partial charge is 0.327 e. The van der Waals surface area contributed by atoms with Crippen LogP contribution in [0.1, 0.15) is 13.3 Å². The van der Waals surface area contributed by atoms with Gasteiger partial charge in [0.15, 0.2) is 0 Å². The lowest BCUT2D eigenvalue weighted by Gasteiger charge is -2.09. The van der Waals surface area contributed by atoms with Gasteiger partial charge in [-0.25, -0.2) is 0 Å². The average molecular weight is 307 g/mol. The minimum absolute atomic E-state index is 0.0952. The molecule has 1 rings (SSSR count). The van der Waals surface area contributed by atoms with Gasteiger partial charge in [-0.1, -0.05) is 29.3 Å². The van der Waals surface area contributed by atoms with Crippen molar-refractivity contribution in [2.24, 2.45) is 5.73 Å². The highest BCUT2D eigenvalue weighted by atomic mass is 35.5. The molecule has 0 aromatic heterocycles. The molecule has 100 valence electrons. The van der Waals surface area contributed by atoms with E-state index in [1.54, 1.807) is 30.0 Å². The Bertz CT molecular complexity index is 393. The number of amides is 1. The minimum atomic E-state index is -0.0952. The van der Waals surface area contributed by atoms with E-state index in [1.165, 1.54) is 0 Å². The highest BCUT2D eigenvalue weighted by Crippen LogP contribution is 2.29. The number of nitrogens with two attached hydrogens (primary N) is 1. The summed E-state index contributed by atoms with van der Waals surface area (Å²) in [6, 6.07) is 5.26. The van der Waals surface area contributed by atoms with Crippen LogP contribution in [-0.4, -0.2) is 23.5 Å². The number of rotatable bonds is 6. The minimum Gasteiger partial charge on any atom is -0.327 e. The van der Waals surface area contributed by atoms with Crippen molar-refractivity contribution in [3.63, 3.8) is 0 Å². The number of benzene rings is 1. The number of carbonyl (C=O) groups excluding carboxylic acids is 1. The van der Waals surface area contributed by atoms with Crippen molar-refractivity contribution in [3.8, 4) is 0 Å². The molecular weight excluding hydrogens is 291 g/mol. The maximum absolute atomic E-state index is 11.7. The van der Waals surface area contributed by atoms with Gasteiger partial charge in [0.1, 0.15) is 0 Å². The lowest BCUT2D eigenvalue weighted by atomic mass is 10.3. The molecule has 0 fully saturated rings. The Hall–Kier alpha value is -0.420. The van der Waals surface area contributed by atoms with Crippen molar-refractivity contribution in [3.05, 3.63) is 28.2 Å². The van der Waals surface area contributed by atoms with Crippen LogP contribution in [-0.2, 0) is 4.79 Å². The van der Waals surface area contributed by atoms with Crippen molar-refractivity contribution >= 4 is 46.6 Å². The highest BCUT2D eigenvalue weighted by molar-refractivity contribution is 7.99. The molecule has 3 N–H and O–H groups in total. The summed E-state index contributed by atoms with van der Waals surface area (Å²) in [5.41, 5.74) is 6.09. The fourth-order valence-electron chi connectivity index (χ4n) is 1.25. The van der Waals surface area contributed by atoms with Crippen LogP contribution in [0.15, 0.2) is 18.2 Å². The van der Waals surface area contributed by atoms with Crippen molar-refractivity contribution in [1.82, 2.24) is 0 Å². The van der Waals surface area contributed by atoms with Crippen molar-refractivity contribution in [2.45, 2.75) is 19.4 Å². The third-order valence-corrected chi connectivity index (χ3v) is 3.97. The number of carbonyl (C=O) groups is 1. The smallest absolute Gasteiger partial charge is 0.225 e. The summed E-state index contributed by atoms with van der Waals surface area (Å²) >= 11 is 13.6. The summed E-state index contributed by atoms with van der Waals surface area (Å²) in [4.78, 5) is 11.7. The van der Waals surface area contributed by atoms with E-state index in [9.17, 15) is 4.79 Å².